The molecule has 0 atom stereocenters. The van der Waals surface area contributed by atoms with Crippen LogP contribution in [0.3, 0.4) is 0 Å². The Morgan fingerprint density at radius 3 is 2.52 bits per heavy atom. The second kappa shape index (κ2) is 7.48. The number of rotatable bonds is 6. The van der Waals surface area contributed by atoms with E-state index in [1.165, 1.54) is 12.1 Å². The molecule has 2 aromatic carbocycles. The monoisotopic (exact) mass is 352 g/mol. The average molecular weight is 353 g/mol. The molecule has 7 heteroatoms. The van der Waals surface area contributed by atoms with Gasteiger partial charge in [0.25, 0.3) is 10.0 Å². The molecule has 0 amide bonds. The van der Waals surface area contributed by atoms with E-state index in [4.69, 9.17) is 16.3 Å². The zero-order chi connectivity index (χ0) is 16.9. The molecular formula is C16H17ClN2O3S. The summed E-state index contributed by atoms with van der Waals surface area (Å²) in [5.41, 5.74) is 1.26. The van der Waals surface area contributed by atoms with Gasteiger partial charge in [0.15, 0.2) is 0 Å². The summed E-state index contributed by atoms with van der Waals surface area (Å²) in [4.78, 5) is 2.34. The third kappa shape index (κ3) is 4.71. The van der Waals surface area contributed by atoms with E-state index in [0.29, 0.717) is 23.1 Å². The Morgan fingerprint density at radius 2 is 1.91 bits per heavy atom. The zero-order valence-corrected chi connectivity index (χ0v) is 14.4. The first-order valence-electron chi connectivity index (χ1n) is 6.97. The van der Waals surface area contributed by atoms with Crippen LogP contribution < -0.4 is 9.57 Å². The van der Waals surface area contributed by atoms with Crippen molar-refractivity contribution in [1.82, 2.24) is 4.83 Å². The molecule has 2 rings (SSSR count). The summed E-state index contributed by atoms with van der Waals surface area (Å²) in [5, 5.41) is 4.49. The lowest BCUT2D eigenvalue weighted by molar-refractivity contribution is 0.340. The predicted molar refractivity (Wildman–Crippen MR) is 91.6 cm³/mol. The van der Waals surface area contributed by atoms with Crippen LogP contribution in [0.25, 0.3) is 0 Å². The first kappa shape index (κ1) is 17.3. The summed E-state index contributed by atoms with van der Waals surface area (Å²) in [7, 11) is -3.73. The number of benzene rings is 2. The number of hydrogen-bond donors (Lipinski definition) is 1. The van der Waals surface area contributed by atoms with Gasteiger partial charge in [-0.05, 0) is 55.8 Å². The maximum absolute atomic E-state index is 12.2. The second-order valence-corrected chi connectivity index (χ2v) is 6.80. The molecule has 2 aromatic rings. The second-order valence-electron chi connectivity index (χ2n) is 4.71. The Kier molecular flexibility index (Phi) is 5.63. The highest BCUT2D eigenvalue weighted by Crippen LogP contribution is 2.16. The summed E-state index contributed by atoms with van der Waals surface area (Å²) in [5.74, 6) is 0.616. The number of nitrogens with zero attached hydrogens (tertiary/aromatic N) is 1. The molecule has 0 saturated heterocycles. The van der Waals surface area contributed by atoms with Gasteiger partial charge in [-0.2, -0.15) is 18.4 Å². The minimum Gasteiger partial charge on any atom is -0.494 e. The molecule has 0 aliphatic heterocycles. The van der Waals surface area contributed by atoms with E-state index >= 15 is 0 Å². The van der Waals surface area contributed by atoms with Crippen molar-refractivity contribution in [2.24, 2.45) is 5.10 Å². The largest absolute Gasteiger partial charge is 0.494 e. The molecule has 0 unspecified atom stereocenters. The molecule has 0 spiro atoms. The number of hydrazone groups is 1. The zero-order valence-electron chi connectivity index (χ0n) is 12.8. The fourth-order valence-corrected chi connectivity index (χ4v) is 2.89. The van der Waals surface area contributed by atoms with Crippen LogP contribution in [0, 0.1) is 0 Å². The predicted octanol–water partition coefficient (Wildman–Crippen LogP) is 3.44. The molecule has 0 bridgehead atoms. The van der Waals surface area contributed by atoms with Gasteiger partial charge in [0.05, 0.1) is 17.2 Å². The van der Waals surface area contributed by atoms with Crippen LogP contribution in [0.5, 0.6) is 5.75 Å². The summed E-state index contributed by atoms with van der Waals surface area (Å²) in [6, 6.07) is 13.2. The molecule has 0 aromatic heterocycles. The molecule has 0 heterocycles. The van der Waals surface area contributed by atoms with E-state index in [1.807, 2.05) is 6.92 Å². The number of halogens is 1. The molecule has 0 radical (unpaired) electrons. The highest BCUT2D eigenvalue weighted by molar-refractivity contribution is 7.89. The van der Waals surface area contributed by atoms with Crippen molar-refractivity contribution in [3.8, 4) is 5.75 Å². The van der Waals surface area contributed by atoms with Gasteiger partial charge in [0.1, 0.15) is 5.75 Å². The van der Waals surface area contributed by atoms with E-state index in [2.05, 4.69) is 9.93 Å². The number of ether oxygens (including phenoxy) is 1. The van der Waals surface area contributed by atoms with Crippen LogP contribution in [0.1, 0.15) is 19.4 Å². The summed E-state index contributed by atoms with van der Waals surface area (Å²) >= 11 is 5.91. The normalized spacial score (nSPS) is 12.0. The minimum absolute atomic E-state index is 0.114. The number of sulfonamides is 1. The summed E-state index contributed by atoms with van der Waals surface area (Å²) < 4.78 is 29.7. The Labute approximate surface area is 141 Å². The lowest BCUT2D eigenvalue weighted by atomic mass is 10.1. The molecular weight excluding hydrogens is 336 g/mol. The van der Waals surface area contributed by atoms with Crippen molar-refractivity contribution in [2.45, 2.75) is 18.7 Å². The molecule has 1 N–H and O–H groups in total. The SMILES string of the molecule is CCOc1ccc(S(=O)(=O)N/N=C(\C)c2cccc(Cl)c2)cc1. The molecule has 0 fully saturated rings. The number of nitrogens with one attached hydrogen (secondary N) is 1. The Morgan fingerprint density at radius 1 is 1.22 bits per heavy atom. The van der Waals surface area contributed by atoms with Gasteiger partial charge in [-0.25, -0.2) is 0 Å². The van der Waals surface area contributed by atoms with Gasteiger partial charge < -0.3 is 4.74 Å². The third-order valence-corrected chi connectivity index (χ3v) is 4.48. The number of hydrogen-bond acceptors (Lipinski definition) is 4. The Bertz CT molecular complexity index is 802. The van der Waals surface area contributed by atoms with Gasteiger partial charge in [-0.3, -0.25) is 0 Å². The maximum atomic E-state index is 12.2. The minimum atomic E-state index is -3.73. The smallest absolute Gasteiger partial charge is 0.276 e. The standard InChI is InChI=1S/C16H17ClN2O3S/c1-3-22-15-7-9-16(10-8-15)23(20,21)19-18-12(2)13-5-4-6-14(17)11-13/h4-11,19H,3H2,1-2H3/b18-12+. The van der Waals surface area contributed by atoms with Gasteiger partial charge in [0.2, 0.25) is 0 Å². The first-order chi connectivity index (χ1) is 10.9. The molecule has 0 saturated carbocycles. The van der Waals surface area contributed by atoms with Crippen LogP contribution in [0.15, 0.2) is 58.5 Å². The molecule has 23 heavy (non-hydrogen) atoms. The van der Waals surface area contributed by atoms with Gasteiger partial charge in [0, 0.05) is 5.02 Å². The van der Waals surface area contributed by atoms with E-state index in [0.717, 1.165) is 5.56 Å². The third-order valence-electron chi connectivity index (χ3n) is 3.02. The van der Waals surface area contributed by atoms with Gasteiger partial charge >= 0.3 is 0 Å². The van der Waals surface area contributed by atoms with Gasteiger partial charge in [-0.1, -0.05) is 23.7 Å². The summed E-state index contributed by atoms with van der Waals surface area (Å²) in [6.45, 7) is 4.08. The summed E-state index contributed by atoms with van der Waals surface area (Å²) in [6.07, 6.45) is 0. The van der Waals surface area contributed by atoms with E-state index < -0.39 is 10.0 Å². The van der Waals surface area contributed by atoms with Crippen LogP contribution in [0.2, 0.25) is 5.02 Å². The molecule has 122 valence electrons. The van der Waals surface area contributed by atoms with Crippen LogP contribution in [-0.4, -0.2) is 20.7 Å². The fraction of sp³-hybridized carbons (Fsp3) is 0.188. The van der Waals surface area contributed by atoms with Crippen molar-refractivity contribution in [3.05, 3.63) is 59.1 Å². The molecule has 0 aliphatic rings. The Hall–Kier alpha value is -2.05. The van der Waals surface area contributed by atoms with Gasteiger partial charge in [-0.15, -0.1) is 0 Å². The first-order valence-corrected chi connectivity index (χ1v) is 8.83. The van der Waals surface area contributed by atoms with Crippen molar-refractivity contribution >= 4 is 27.3 Å². The lowest BCUT2D eigenvalue weighted by Gasteiger charge is -2.07. The van der Waals surface area contributed by atoms with Crippen LogP contribution in [0.4, 0.5) is 0 Å². The topological polar surface area (TPSA) is 67.8 Å². The van der Waals surface area contributed by atoms with Crippen LogP contribution >= 0.6 is 11.6 Å². The van der Waals surface area contributed by atoms with Crippen LogP contribution in [-0.2, 0) is 10.0 Å². The maximum Gasteiger partial charge on any atom is 0.276 e. The molecule has 5 nitrogen and oxygen atoms in total. The highest BCUT2D eigenvalue weighted by atomic mass is 35.5. The van der Waals surface area contributed by atoms with E-state index in [9.17, 15) is 8.42 Å². The van der Waals surface area contributed by atoms with E-state index in [-0.39, 0.29) is 4.90 Å². The van der Waals surface area contributed by atoms with Crippen molar-refractivity contribution in [3.63, 3.8) is 0 Å². The van der Waals surface area contributed by atoms with Crippen molar-refractivity contribution in [1.29, 1.82) is 0 Å². The quantitative estimate of drug-likeness (QED) is 0.639. The fourth-order valence-electron chi connectivity index (χ4n) is 1.84. The Balaban J connectivity index is 2.16. The van der Waals surface area contributed by atoms with Crippen molar-refractivity contribution in [2.75, 3.05) is 6.61 Å². The highest BCUT2D eigenvalue weighted by Gasteiger charge is 2.13. The van der Waals surface area contributed by atoms with E-state index in [1.54, 1.807) is 43.3 Å². The molecule has 0 aliphatic carbocycles. The van der Waals surface area contributed by atoms with Crippen molar-refractivity contribution < 1.29 is 13.2 Å². The lowest BCUT2D eigenvalue weighted by Crippen LogP contribution is -2.19. The average Bonchev–Trinajstić information content (AvgIpc) is 2.53.